The first-order valence-electron chi connectivity index (χ1n) is 8.00. The summed E-state index contributed by atoms with van der Waals surface area (Å²) < 4.78 is 5.44. The quantitative estimate of drug-likeness (QED) is 0.576. The third kappa shape index (κ3) is 3.90. The first-order chi connectivity index (χ1) is 11.8. The van der Waals surface area contributed by atoms with Gasteiger partial charge in [0.2, 0.25) is 0 Å². The summed E-state index contributed by atoms with van der Waals surface area (Å²) in [7, 11) is 2.00. The zero-order chi connectivity index (χ0) is 18.1. The van der Waals surface area contributed by atoms with Gasteiger partial charge in [-0.3, -0.25) is 4.90 Å². The Bertz CT molecular complexity index is 995. The van der Waals surface area contributed by atoms with E-state index in [9.17, 15) is 4.79 Å². The molecule has 0 unspecified atom stereocenters. The van der Waals surface area contributed by atoms with Crippen molar-refractivity contribution in [1.82, 2.24) is 4.90 Å². The number of halogens is 2. The zero-order valence-electron chi connectivity index (χ0n) is 14.4. The molecule has 0 aliphatic rings. The lowest BCUT2D eigenvalue weighted by Crippen LogP contribution is -2.18. The van der Waals surface area contributed by atoms with Gasteiger partial charge in [-0.1, -0.05) is 41.4 Å². The van der Waals surface area contributed by atoms with Crippen LogP contribution in [0, 0.1) is 13.8 Å². The smallest absolute Gasteiger partial charge is 0.336 e. The van der Waals surface area contributed by atoms with Crippen molar-refractivity contribution in [3.8, 4) is 0 Å². The molecule has 3 aromatic rings. The molecule has 3 nitrogen and oxygen atoms in total. The predicted molar refractivity (Wildman–Crippen MR) is 104 cm³/mol. The molecule has 0 fully saturated rings. The molecule has 5 heteroatoms. The van der Waals surface area contributed by atoms with Crippen LogP contribution in [0.2, 0.25) is 10.0 Å². The minimum absolute atomic E-state index is 0.320. The molecule has 0 aliphatic carbocycles. The molecule has 130 valence electrons. The van der Waals surface area contributed by atoms with Gasteiger partial charge >= 0.3 is 5.63 Å². The maximum Gasteiger partial charge on any atom is 0.336 e. The molecule has 0 N–H and O–H groups in total. The highest BCUT2D eigenvalue weighted by Crippen LogP contribution is 2.25. The summed E-state index contributed by atoms with van der Waals surface area (Å²) in [5.74, 6) is 0. The molecule has 1 aromatic heterocycles. The van der Waals surface area contributed by atoms with Crippen LogP contribution in [0.5, 0.6) is 0 Å². The molecule has 1 heterocycles. The van der Waals surface area contributed by atoms with Gasteiger partial charge in [-0.05, 0) is 55.3 Å². The number of hydrogen-bond donors (Lipinski definition) is 0. The average Bonchev–Trinajstić information content (AvgIpc) is 2.55. The molecule has 0 aliphatic heterocycles. The van der Waals surface area contributed by atoms with E-state index in [-0.39, 0.29) is 5.63 Å². The van der Waals surface area contributed by atoms with E-state index in [2.05, 4.69) is 11.0 Å². The monoisotopic (exact) mass is 375 g/mol. The second kappa shape index (κ2) is 7.20. The lowest BCUT2D eigenvalue weighted by atomic mass is 10.0. The molecule has 0 radical (unpaired) electrons. The predicted octanol–water partition coefficient (Wildman–Crippen LogP) is 5.35. The number of hydrogen-bond acceptors (Lipinski definition) is 3. The van der Waals surface area contributed by atoms with Gasteiger partial charge in [-0.25, -0.2) is 4.79 Å². The summed E-state index contributed by atoms with van der Waals surface area (Å²) in [6.45, 7) is 5.32. The maximum atomic E-state index is 12.0. The van der Waals surface area contributed by atoms with Gasteiger partial charge < -0.3 is 4.42 Å². The fourth-order valence-electron chi connectivity index (χ4n) is 2.95. The van der Waals surface area contributed by atoms with Crippen molar-refractivity contribution in [2.45, 2.75) is 26.9 Å². The Hall–Kier alpha value is -1.81. The van der Waals surface area contributed by atoms with E-state index in [1.165, 1.54) is 0 Å². The van der Waals surface area contributed by atoms with Crippen molar-refractivity contribution in [1.29, 1.82) is 0 Å². The van der Waals surface area contributed by atoms with E-state index in [0.29, 0.717) is 28.7 Å². The molecule has 0 bridgehead atoms. The molecule has 3 rings (SSSR count). The fraction of sp³-hybridized carbons (Fsp3) is 0.250. The third-order valence-corrected chi connectivity index (χ3v) is 5.13. The minimum atomic E-state index is -0.320. The lowest BCUT2D eigenvalue weighted by molar-refractivity contribution is 0.319. The minimum Gasteiger partial charge on any atom is -0.422 e. The van der Waals surface area contributed by atoms with Crippen LogP contribution in [0.4, 0.5) is 0 Å². The molecule has 0 amide bonds. The van der Waals surface area contributed by atoms with Crippen LogP contribution in [-0.4, -0.2) is 11.9 Å². The standard InChI is InChI=1S/C20H19Cl2NO2/c1-12-4-6-16-15(9-19(24)25-20(16)13(12)2)11-23(3)10-14-5-7-17(21)18(22)8-14/h4-9H,10-11H2,1-3H3. The van der Waals surface area contributed by atoms with E-state index < -0.39 is 0 Å². The third-order valence-electron chi connectivity index (χ3n) is 4.39. The number of fused-ring (bicyclic) bond motifs is 1. The van der Waals surface area contributed by atoms with Gasteiger partial charge in [0.15, 0.2) is 0 Å². The van der Waals surface area contributed by atoms with Crippen LogP contribution in [-0.2, 0) is 13.1 Å². The Morgan fingerprint density at radius 2 is 1.76 bits per heavy atom. The topological polar surface area (TPSA) is 33.5 Å². The fourth-order valence-corrected chi connectivity index (χ4v) is 3.27. The maximum absolute atomic E-state index is 12.0. The van der Waals surface area contributed by atoms with Crippen LogP contribution in [0.25, 0.3) is 11.0 Å². The average molecular weight is 376 g/mol. The summed E-state index contributed by atoms with van der Waals surface area (Å²) >= 11 is 12.1. The van der Waals surface area contributed by atoms with Gasteiger partial charge in [0.25, 0.3) is 0 Å². The Morgan fingerprint density at radius 1 is 1.00 bits per heavy atom. The van der Waals surface area contributed by atoms with E-state index in [1.54, 1.807) is 12.1 Å². The molecular weight excluding hydrogens is 357 g/mol. The van der Waals surface area contributed by atoms with Crippen molar-refractivity contribution in [3.63, 3.8) is 0 Å². The number of nitrogens with zero attached hydrogens (tertiary/aromatic N) is 1. The highest BCUT2D eigenvalue weighted by atomic mass is 35.5. The van der Waals surface area contributed by atoms with E-state index in [4.69, 9.17) is 27.6 Å². The second-order valence-electron chi connectivity index (χ2n) is 6.40. The summed E-state index contributed by atoms with van der Waals surface area (Å²) in [6, 6.07) is 11.3. The first kappa shape index (κ1) is 18.0. The molecule has 25 heavy (non-hydrogen) atoms. The molecule has 0 atom stereocenters. The van der Waals surface area contributed by atoms with Gasteiger partial charge in [-0.15, -0.1) is 0 Å². The summed E-state index contributed by atoms with van der Waals surface area (Å²) in [5, 5.41) is 2.07. The molecular formula is C20H19Cl2NO2. The summed E-state index contributed by atoms with van der Waals surface area (Å²) in [6.07, 6.45) is 0. The molecule has 2 aromatic carbocycles. The Labute approximate surface area is 156 Å². The van der Waals surface area contributed by atoms with Crippen molar-refractivity contribution >= 4 is 34.2 Å². The largest absolute Gasteiger partial charge is 0.422 e. The molecule has 0 spiro atoms. The van der Waals surface area contributed by atoms with E-state index in [0.717, 1.165) is 27.6 Å². The normalized spacial score (nSPS) is 11.4. The Balaban J connectivity index is 1.90. The number of benzene rings is 2. The highest BCUT2D eigenvalue weighted by Gasteiger charge is 2.12. The SMILES string of the molecule is Cc1ccc2c(CN(C)Cc3ccc(Cl)c(Cl)c3)cc(=O)oc2c1C. The van der Waals surface area contributed by atoms with Crippen LogP contribution in [0.15, 0.2) is 45.6 Å². The van der Waals surface area contributed by atoms with Gasteiger partial charge in [-0.2, -0.15) is 0 Å². The van der Waals surface area contributed by atoms with Crippen LogP contribution >= 0.6 is 23.2 Å². The van der Waals surface area contributed by atoms with Crippen molar-refractivity contribution in [3.05, 3.63) is 79.1 Å². The van der Waals surface area contributed by atoms with Crippen LogP contribution < -0.4 is 5.63 Å². The summed E-state index contributed by atoms with van der Waals surface area (Å²) in [4.78, 5) is 14.1. The zero-order valence-corrected chi connectivity index (χ0v) is 15.9. The second-order valence-corrected chi connectivity index (χ2v) is 7.21. The van der Waals surface area contributed by atoms with Gasteiger partial charge in [0.05, 0.1) is 10.0 Å². The highest BCUT2D eigenvalue weighted by molar-refractivity contribution is 6.42. The Kier molecular flexibility index (Phi) is 5.19. The Morgan fingerprint density at radius 3 is 2.48 bits per heavy atom. The lowest BCUT2D eigenvalue weighted by Gasteiger charge is -2.18. The van der Waals surface area contributed by atoms with Gasteiger partial charge in [0.1, 0.15) is 5.58 Å². The van der Waals surface area contributed by atoms with Crippen molar-refractivity contribution in [2.24, 2.45) is 0 Å². The molecule has 0 saturated heterocycles. The summed E-state index contributed by atoms with van der Waals surface area (Å²) in [5.41, 5.74) is 4.48. The van der Waals surface area contributed by atoms with Crippen molar-refractivity contribution < 1.29 is 4.42 Å². The first-order valence-corrected chi connectivity index (χ1v) is 8.76. The van der Waals surface area contributed by atoms with Gasteiger partial charge in [0, 0.05) is 24.5 Å². The van der Waals surface area contributed by atoms with E-state index in [1.807, 2.05) is 39.1 Å². The van der Waals surface area contributed by atoms with Crippen molar-refractivity contribution in [2.75, 3.05) is 7.05 Å². The van der Waals surface area contributed by atoms with Crippen LogP contribution in [0.3, 0.4) is 0 Å². The molecule has 0 saturated carbocycles. The number of aryl methyl sites for hydroxylation is 2. The van der Waals surface area contributed by atoms with Crippen LogP contribution in [0.1, 0.15) is 22.3 Å². The van der Waals surface area contributed by atoms with E-state index >= 15 is 0 Å². The number of rotatable bonds is 4.